The van der Waals surface area contributed by atoms with Crippen LogP contribution in [-0.4, -0.2) is 66.3 Å². The van der Waals surface area contributed by atoms with Gasteiger partial charge >= 0.3 is 0 Å². The zero-order chi connectivity index (χ0) is 52.2. The Labute approximate surface area is 434 Å². The van der Waals surface area contributed by atoms with Crippen molar-refractivity contribution < 1.29 is 24.9 Å². The predicted molar refractivity (Wildman–Crippen MR) is 291 cm³/mol. The average molecular weight is 986 g/mol. The fourth-order valence-corrected chi connectivity index (χ4v) is 23.2. The molecular formula is C64H108N2O5. The lowest BCUT2D eigenvalue weighted by molar-refractivity contribution is -0.247. The van der Waals surface area contributed by atoms with Crippen molar-refractivity contribution in [1.82, 2.24) is 5.32 Å². The number of hydrogen-bond acceptors (Lipinski definition) is 7. The maximum atomic E-state index is 12.9. The molecule has 404 valence electrons. The molecule has 0 unspecified atom stereocenters. The molecule has 0 heterocycles. The molecule has 10 saturated carbocycles. The number of carbonyl (C=O) groups is 2. The van der Waals surface area contributed by atoms with Gasteiger partial charge in [0.15, 0.2) is 0 Å². The van der Waals surface area contributed by atoms with Crippen molar-refractivity contribution in [1.29, 1.82) is 0 Å². The number of nitrogens with two attached hydrogens (primary N) is 1. The van der Waals surface area contributed by atoms with Crippen LogP contribution in [-0.2, 0) is 9.59 Å². The number of rotatable bonds is 8. The maximum Gasteiger partial charge on any atom is 0.138 e. The van der Waals surface area contributed by atoms with E-state index >= 15 is 0 Å². The highest BCUT2D eigenvalue weighted by Crippen LogP contribution is 2.79. The monoisotopic (exact) mass is 985 g/mol. The van der Waals surface area contributed by atoms with Gasteiger partial charge in [-0.05, 0) is 238 Å². The smallest absolute Gasteiger partial charge is 0.138 e. The van der Waals surface area contributed by atoms with Gasteiger partial charge in [0.05, 0.1) is 19.3 Å². The minimum absolute atomic E-state index is 0.0304. The summed E-state index contributed by atoms with van der Waals surface area (Å²) in [6, 6.07) is 0. The number of aldehydes is 1. The molecule has 0 spiro atoms. The van der Waals surface area contributed by atoms with Crippen LogP contribution in [0.25, 0.3) is 0 Å². The highest BCUT2D eigenvalue weighted by Gasteiger charge is 2.73. The lowest BCUT2D eigenvalue weighted by atomic mass is 9.32. The molecule has 0 amide bonds. The molecule has 0 bridgehead atoms. The van der Waals surface area contributed by atoms with Crippen LogP contribution in [0.4, 0.5) is 0 Å². The minimum atomic E-state index is -0.179. The van der Waals surface area contributed by atoms with Gasteiger partial charge in [0.25, 0.3) is 0 Å². The number of hydrogen-bond donors (Lipinski definition) is 5. The number of carbonyl (C=O) groups excluding carboxylic acids is 2. The summed E-state index contributed by atoms with van der Waals surface area (Å²) in [7, 11) is 0. The highest BCUT2D eigenvalue weighted by atomic mass is 16.3. The number of aliphatic hydroxyl groups is 3. The van der Waals surface area contributed by atoms with Crippen LogP contribution in [0.5, 0.6) is 0 Å². The fraction of sp³-hybridized carbons (Fsp3) is 0.906. The first-order valence-corrected chi connectivity index (χ1v) is 29.8. The summed E-state index contributed by atoms with van der Waals surface area (Å²) in [4.78, 5) is 25.4. The standard InChI is InChI=1S/C32H55NO2.C30H46O2.C2H7NO/c1-21(2)22-10-15-32(20-33-18-19-34)17-16-30(6)23(27(22)32)8-9-25-29(5)13-12-26(35)28(3,4)24(29)11-14-31(25,30)7;1-19(2)20-10-15-30(18-31)17-16-28(6)21(25(20)30)8-9-23-27(5)13-12-24(32)26(3,4)22(27)11-14-29(23,28)7;3-1-2-4/h22-27,33-35H,1,8-20H2,2-7H3;18,20-23,25H,1,8-17H2,2-7H3;4H,1-3H2/t22-,23+,24-,25+,26-,27+,29-,30+,31+,32+;20-,21+,22-,23+,25+,27-,28+,29+,30+;/m00./s1. The quantitative estimate of drug-likeness (QED) is 0.0929. The Kier molecular flexibility index (Phi) is 15.2. The molecule has 0 aromatic heterocycles. The third-order valence-corrected chi connectivity index (χ3v) is 27.2. The number of nitrogens with one attached hydrogen (secondary N) is 1. The lowest BCUT2D eigenvalue weighted by Crippen LogP contribution is -2.67. The van der Waals surface area contributed by atoms with Crippen LogP contribution >= 0.6 is 0 Å². The van der Waals surface area contributed by atoms with Crippen LogP contribution in [0.2, 0.25) is 0 Å². The number of fused-ring (bicyclic) bond motifs is 14. The van der Waals surface area contributed by atoms with E-state index in [1.807, 2.05) is 0 Å². The van der Waals surface area contributed by atoms with Crippen molar-refractivity contribution in [3.63, 3.8) is 0 Å². The SMILES string of the molecule is C=C(C)[C@@H]1CC[C@]2(C=O)CC[C@]3(C)[C@H](CC[C@@H]4[C@@]5(C)CCC(=O)C(C)(C)[C@@H]5CC[C@]43C)[C@@H]12.C=C(C)[C@@H]1CC[C@]2(CNCCO)CC[C@]3(C)[C@H](CC[C@@H]4[C@@]5(C)CC[C@H](O)C(C)(C)[C@@H]5CC[C@]43C)[C@@H]12.NCCO. The Morgan fingerprint density at radius 3 is 1.68 bits per heavy atom. The summed E-state index contributed by atoms with van der Waals surface area (Å²) in [6.07, 6.45) is 25.4. The topological polar surface area (TPSA) is 133 Å². The Morgan fingerprint density at radius 1 is 0.606 bits per heavy atom. The molecule has 10 rings (SSSR count). The Morgan fingerprint density at radius 2 is 1.13 bits per heavy atom. The summed E-state index contributed by atoms with van der Waals surface area (Å²) in [5, 5.41) is 31.8. The summed E-state index contributed by atoms with van der Waals surface area (Å²) >= 11 is 0. The second-order valence-electron chi connectivity index (χ2n) is 30.0. The molecule has 10 aliphatic rings. The molecule has 10 aliphatic carbocycles. The summed E-state index contributed by atoms with van der Waals surface area (Å²) < 4.78 is 0. The predicted octanol–water partition coefficient (Wildman–Crippen LogP) is 12.9. The van der Waals surface area contributed by atoms with Crippen molar-refractivity contribution in [2.45, 2.75) is 218 Å². The Hall–Kier alpha value is -1.38. The molecule has 0 aromatic carbocycles. The zero-order valence-corrected chi connectivity index (χ0v) is 47.8. The molecule has 0 aromatic rings. The number of Topliss-reactive ketones (excluding diaryl/α,β-unsaturated/α-hetero) is 1. The second kappa shape index (κ2) is 19.3. The summed E-state index contributed by atoms with van der Waals surface area (Å²) in [6.45, 7) is 41.0. The van der Waals surface area contributed by atoms with E-state index in [-0.39, 0.29) is 46.4 Å². The van der Waals surface area contributed by atoms with E-state index < -0.39 is 0 Å². The van der Waals surface area contributed by atoms with Gasteiger partial charge in [-0.3, -0.25) is 4.79 Å². The van der Waals surface area contributed by atoms with Gasteiger partial charge < -0.3 is 31.2 Å². The normalized spacial score (nSPS) is 50.8. The van der Waals surface area contributed by atoms with E-state index in [2.05, 4.69) is 102 Å². The number of aliphatic hydroxyl groups excluding tert-OH is 3. The molecule has 0 aliphatic heterocycles. The summed E-state index contributed by atoms with van der Waals surface area (Å²) in [5.74, 6) is 6.91. The maximum absolute atomic E-state index is 12.9. The van der Waals surface area contributed by atoms with Crippen molar-refractivity contribution in [3.8, 4) is 0 Å². The largest absolute Gasteiger partial charge is 0.395 e. The average Bonchev–Trinajstić information content (AvgIpc) is 3.91. The first kappa shape index (κ1) is 55.8. The molecule has 71 heavy (non-hydrogen) atoms. The van der Waals surface area contributed by atoms with Gasteiger partial charge in [0, 0.05) is 36.9 Å². The summed E-state index contributed by atoms with van der Waals surface area (Å²) in [5.41, 5.74) is 9.59. The van der Waals surface area contributed by atoms with Crippen LogP contribution in [0.3, 0.4) is 0 Å². The van der Waals surface area contributed by atoms with Gasteiger partial charge in [-0.15, -0.1) is 0 Å². The molecule has 0 radical (unpaired) electrons. The first-order chi connectivity index (χ1) is 33.2. The van der Waals surface area contributed by atoms with E-state index in [1.165, 1.54) is 107 Å². The molecule has 10 fully saturated rings. The number of allylic oxidation sites excluding steroid dienone is 2. The third kappa shape index (κ3) is 8.04. The molecule has 7 nitrogen and oxygen atoms in total. The number of ketones is 1. The highest BCUT2D eigenvalue weighted by molar-refractivity contribution is 5.85. The second-order valence-corrected chi connectivity index (χ2v) is 30.0. The van der Waals surface area contributed by atoms with Crippen molar-refractivity contribution >= 4 is 12.1 Å². The molecule has 7 heteroatoms. The Balaban J connectivity index is 0.000000178. The third-order valence-electron chi connectivity index (χ3n) is 27.2. The van der Waals surface area contributed by atoms with Gasteiger partial charge in [-0.1, -0.05) is 93.5 Å². The van der Waals surface area contributed by atoms with Crippen molar-refractivity contribution in [2.75, 3.05) is 32.8 Å². The van der Waals surface area contributed by atoms with Crippen molar-refractivity contribution in [2.24, 2.45) is 119 Å². The fourth-order valence-electron chi connectivity index (χ4n) is 23.2. The van der Waals surface area contributed by atoms with Crippen molar-refractivity contribution in [3.05, 3.63) is 24.3 Å². The van der Waals surface area contributed by atoms with Gasteiger partial charge in [0.2, 0.25) is 0 Å². The van der Waals surface area contributed by atoms with E-state index in [4.69, 9.17) is 10.8 Å². The Bertz CT molecular complexity index is 2010. The van der Waals surface area contributed by atoms with Gasteiger partial charge in [0.1, 0.15) is 12.1 Å². The van der Waals surface area contributed by atoms with Gasteiger partial charge in [-0.25, -0.2) is 0 Å². The van der Waals surface area contributed by atoms with Crippen LogP contribution in [0, 0.1) is 113 Å². The van der Waals surface area contributed by atoms with Crippen LogP contribution in [0.1, 0.15) is 212 Å². The van der Waals surface area contributed by atoms with E-state index in [1.54, 1.807) is 0 Å². The van der Waals surface area contributed by atoms with Crippen LogP contribution in [0.15, 0.2) is 24.3 Å². The molecule has 19 atom stereocenters. The van der Waals surface area contributed by atoms with E-state index in [9.17, 15) is 19.8 Å². The lowest BCUT2D eigenvalue weighted by Gasteiger charge is -2.73. The zero-order valence-electron chi connectivity index (χ0n) is 47.8. The van der Waals surface area contributed by atoms with E-state index in [0.29, 0.717) is 80.8 Å². The van der Waals surface area contributed by atoms with E-state index in [0.717, 1.165) is 69.4 Å². The molecule has 0 saturated heterocycles. The van der Waals surface area contributed by atoms with Crippen LogP contribution < -0.4 is 11.1 Å². The van der Waals surface area contributed by atoms with Gasteiger partial charge in [-0.2, -0.15) is 0 Å². The minimum Gasteiger partial charge on any atom is -0.395 e. The first-order valence-electron chi connectivity index (χ1n) is 29.8. The molecular weight excluding hydrogens is 877 g/mol. The molecule has 6 N–H and O–H groups in total.